The van der Waals surface area contributed by atoms with E-state index in [4.69, 9.17) is 51.1 Å². The number of rotatable bonds is 0. The van der Waals surface area contributed by atoms with Crippen molar-refractivity contribution in [3.63, 3.8) is 0 Å². The van der Waals surface area contributed by atoms with Crippen LogP contribution in [0, 0.1) is 86.8 Å². The molecule has 0 heterocycles. The minimum absolute atomic E-state index is 0. The Morgan fingerprint density at radius 2 is 0.667 bits per heavy atom. The molecule has 0 aromatic carbocycles. The fraction of sp³-hybridized carbons (Fsp3) is 1.00. The van der Waals surface area contributed by atoms with Crippen LogP contribution in [0.3, 0.4) is 0 Å². The van der Waals surface area contributed by atoms with E-state index in [0.717, 1.165) is 7.11 Å². The predicted octanol–water partition coefficient (Wildman–Crippen LogP) is -1.11. The van der Waals surface area contributed by atoms with Crippen molar-refractivity contribution in [3.8, 4) is 0 Å². The van der Waals surface area contributed by atoms with Crippen molar-refractivity contribution in [1.29, 1.82) is 0 Å². The van der Waals surface area contributed by atoms with Gasteiger partial charge in [-0.15, -0.1) is 0 Å². The number of hydrogen-bond donors (Lipinski definition) is 1. The van der Waals surface area contributed by atoms with Gasteiger partial charge in [-0.1, -0.05) is 0 Å². The molecule has 0 saturated heterocycles. The van der Waals surface area contributed by atoms with Gasteiger partial charge in [0.2, 0.25) is 0 Å². The predicted molar refractivity (Wildman–Crippen MR) is 39.2 cm³/mol. The molecule has 14 heteroatoms. The number of aliphatic hydroxyl groups excluding tert-OH is 1. The summed E-state index contributed by atoms with van der Waals surface area (Å²) in [7, 11) is 1.00. The monoisotopic (exact) mass is 360 g/mol. The third kappa shape index (κ3) is 1300. The molecule has 1 N–H and O–H groups in total. The van der Waals surface area contributed by atoms with Crippen molar-refractivity contribution >= 4 is 0 Å². The third-order valence-electron chi connectivity index (χ3n) is 0. The fourth-order valence-corrected chi connectivity index (χ4v) is 0. The van der Waals surface area contributed by atoms with Crippen LogP contribution in [-0.2, 0) is 0 Å². The van der Waals surface area contributed by atoms with Gasteiger partial charge in [-0.3, -0.25) is 0 Å². The van der Waals surface area contributed by atoms with E-state index in [2.05, 4.69) is 0 Å². The fourth-order valence-electron chi connectivity index (χ4n) is 0. The van der Waals surface area contributed by atoms with Crippen molar-refractivity contribution in [2.24, 2.45) is 0 Å². The van der Waals surface area contributed by atoms with Crippen LogP contribution in [0.1, 0.15) is 0 Å². The van der Waals surface area contributed by atoms with Gasteiger partial charge in [0.25, 0.3) is 0 Å². The molecule has 1 radical (unpaired) electrons. The Morgan fingerprint density at radius 3 is 0.667 bits per heavy atom. The molecule has 0 aliphatic rings. The van der Waals surface area contributed by atoms with Crippen LogP contribution < -0.4 is 0 Å². The summed E-state index contributed by atoms with van der Waals surface area (Å²) >= 11 is 0. The Hall–Kier alpha value is -1.09. The second-order valence-corrected chi connectivity index (χ2v) is 0.671. The molecule has 0 aromatic rings. The minimum atomic E-state index is -1.75. The van der Waals surface area contributed by atoms with Crippen LogP contribution in [0.2, 0.25) is 0 Å². The molecule has 0 unspecified atom stereocenters. The van der Waals surface area contributed by atoms with Crippen molar-refractivity contribution < 1.29 is 61.2 Å². The summed E-state index contributed by atoms with van der Waals surface area (Å²) in [6.07, 6.45) is 0. The zero-order chi connectivity index (χ0) is 12.7. The van der Waals surface area contributed by atoms with Gasteiger partial charge in [0.15, 0.2) is 0 Å². The first-order valence-electron chi connectivity index (χ1n) is 2.09. The summed E-state index contributed by atoms with van der Waals surface area (Å²) in [5.74, 6) is 0. The van der Waals surface area contributed by atoms with Crippen LogP contribution in [0.4, 0.5) is 0 Å². The van der Waals surface area contributed by atoms with Crippen molar-refractivity contribution in [2.45, 2.75) is 0 Å². The normalized spacial score (nSPS) is 5.20. The zero-order valence-corrected chi connectivity index (χ0v) is 10.2. The molecule has 15 heavy (non-hydrogen) atoms. The van der Waals surface area contributed by atoms with Gasteiger partial charge in [-0.05, 0) is 0 Å². The minimum Gasteiger partial charge on any atom is -0.400 e. The Morgan fingerprint density at radius 1 is 0.667 bits per heavy atom. The smallest absolute Gasteiger partial charge is 0.400 e. The second-order valence-electron chi connectivity index (χ2n) is 0.671. The zero-order valence-electron chi connectivity index (χ0n) is 6.96. The maximum Gasteiger partial charge on any atom is 3.00 e. The Kier molecular flexibility index (Phi) is 57.0. The average Bonchev–Trinajstić information content (AvgIpc) is 1.86. The summed E-state index contributed by atoms with van der Waals surface area (Å²) < 4.78 is 0. The summed E-state index contributed by atoms with van der Waals surface area (Å²) in [5.41, 5.74) is 0. The molecule has 0 bridgehead atoms. The van der Waals surface area contributed by atoms with E-state index in [0.29, 0.717) is 0 Å². The molecule has 0 atom stereocenters. The standard InChI is InChI=1S/CH4O.3NO3.Nd/c1-2;3*2-1(3)4;/h2H,1H3;;;;/q;3*-1;+3. The van der Waals surface area contributed by atoms with Gasteiger partial charge in [-0.25, -0.2) is 0 Å². The van der Waals surface area contributed by atoms with E-state index in [9.17, 15) is 0 Å². The molecule has 87 valence electrons. The molecular formula is CH4N3NdO10. The molecule has 0 aliphatic carbocycles. The molecule has 0 saturated carbocycles. The molecule has 0 aromatic heterocycles. The quantitative estimate of drug-likeness (QED) is 0.404. The SMILES string of the molecule is CO.O=[N+]([O-])[O-].O=[N+]([O-])[O-].O=[N+]([O-])[O-].[Nd+3]. The topological polar surface area (TPSA) is 219 Å². The Bertz CT molecular complexity index is 118. The summed E-state index contributed by atoms with van der Waals surface area (Å²) in [4.78, 5) is 24.8. The first-order chi connectivity index (χ1) is 6.20. The number of hydrogen-bond acceptors (Lipinski definition) is 10. The molecule has 0 amide bonds. The summed E-state index contributed by atoms with van der Waals surface area (Å²) in [5, 5.41) is 51.2. The first kappa shape index (κ1) is 29.2. The molecule has 0 rings (SSSR count). The number of nitrogens with zero attached hydrogens (tertiary/aromatic N) is 3. The van der Waals surface area contributed by atoms with Crippen molar-refractivity contribution in [1.82, 2.24) is 0 Å². The average molecular weight is 362 g/mol. The second kappa shape index (κ2) is 29.3. The van der Waals surface area contributed by atoms with E-state index in [1.807, 2.05) is 0 Å². The third-order valence-corrected chi connectivity index (χ3v) is 0. The van der Waals surface area contributed by atoms with Crippen LogP contribution in [0.25, 0.3) is 0 Å². The van der Waals surface area contributed by atoms with Gasteiger partial charge in [-0.2, -0.15) is 0 Å². The van der Waals surface area contributed by atoms with Gasteiger partial charge < -0.3 is 51.1 Å². The van der Waals surface area contributed by atoms with Crippen LogP contribution in [-0.4, -0.2) is 27.5 Å². The maximum atomic E-state index is 8.25. The van der Waals surface area contributed by atoms with E-state index in [1.54, 1.807) is 0 Å². The van der Waals surface area contributed by atoms with E-state index in [-0.39, 0.29) is 40.8 Å². The molecule has 0 aliphatic heterocycles. The summed E-state index contributed by atoms with van der Waals surface area (Å²) in [6, 6.07) is 0. The Balaban J connectivity index is -0.0000000298. The van der Waals surface area contributed by atoms with Crippen molar-refractivity contribution in [2.75, 3.05) is 7.11 Å². The molecule has 13 nitrogen and oxygen atoms in total. The maximum absolute atomic E-state index is 8.25. The number of aliphatic hydroxyl groups is 1. The van der Waals surface area contributed by atoms with E-state index in [1.165, 1.54) is 0 Å². The Labute approximate surface area is 114 Å². The van der Waals surface area contributed by atoms with Gasteiger partial charge in [0, 0.05) is 7.11 Å². The van der Waals surface area contributed by atoms with Crippen LogP contribution >= 0.6 is 0 Å². The van der Waals surface area contributed by atoms with Gasteiger partial charge in [0.1, 0.15) is 0 Å². The van der Waals surface area contributed by atoms with Crippen LogP contribution in [0.5, 0.6) is 0 Å². The van der Waals surface area contributed by atoms with Crippen LogP contribution in [0.15, 0.2) is 0 Å². The molecule has 0 fully saturated rings. The van der Waals surface area contributed by atoms with E-state index < -0.39 is 15.3 Å². The van der Waals surface area contributed by atoms with E-state index >= 15 is 0 Å². The summed E-state index contributed by atoms with van der Waals surface area (Å²) in [6.45, 7) is 0. The van der Waals surface area contributed by atoms with Gasteiger partial charge >= 0.3 is 40.8 Å². The van der Waals surface area contributed by atoms with Crippen molar-refractivity contribution in [3.05, 3.63) is 46.0 Å². The molecule has 0 spiro atoms. The van der Waals surface area contributed by atoms with Gasteiger partial charge in [0.05, 0.1) is 15.3 Å². The molecular weight excluding hydrogens is 358 g/mol. The first-order valence-corrected chi connectivity index (χ1v) is 2.09. The largest absolute Gasteiger partial charge is 3.00 e.